The molecule has 0 rings (SSSR count). The van der Waals surface area contributed by atoms with Crippen molar-refractivity contribution in [2.45, 2.75) is 6.92 Å². The molecule has 0 aliphatic heterocycles. The van der Waals surface area contributed by atoms with Crippen LogP contribution in [0.3, 0.4) is 0 Å². The maximum Gasteiger partial charge on any atom is 0.323 e. The van der Waals surface area contributed by atoms with E-state index in [2.05, 4.69) is 27.2 Å². The Morgan fingerprint density at radius 1 is 1.67 bits per heavy atom. The highest BCUT2D eigenvalue weighted by Crippen LogP contribution is 1.68. The summed E-state index contributed by atoms with van der Waals surface area (Å²) in [4.78, 5) is 10.8. The summed E-state index contributed by atoms with van der Waals surface area (Å²) in [6, 6.07) is -0.790. The van der Waals surface area contributed by atoms with Crippen molar-refractivity contribution in [2.75, 3.05) is 13.7 Å². The van der Waals surface area contributed by atoms with E-state index in [4.69, 9.17) is 5.41 Å². The summed E-state index contributed by atoms with van der Waals surface area (Å²) in [5, 5.41) is 11.5. The Morgan fingerprint density at radius 2 is 2.33 bits per heavy atom. The molecule has 12 heavy (non-hydrogen) atoms. The van der Waals surface area contributed by atoms with E-state index < -0.39 is 6.03 Å². The van der Waals surface area contributed by atoms with E-state index in [0.29, 0.717) is 0 Å². The smallest absolute Gasteiger partial charge is 0.323 e. The average Bonchev–Trinajstić information content (AvgIpc) is 2.05. The van der Waals surface area contributed by atoms with Crippen LogP contribution in [0, 0.1) is 17.3 Å². The van der Waals surface area contributed by atoms with Crippen LogP contribution >= 0.6 is 0 Å². The van der Waals surface area contributed by atoms with Crippen molar-refractivity contribution in [2.24, 2.45) is 0 Å². The minimum atomic E-state index is -0.496. The average molecular weight is 169 g/mol. The van der Waals surface area contributed by atoms with Crippen LogP contribution in [-0.2, 0) is 4.74 Å². The predicted octanol–water partition coefficient (Wildman–Crippen LogP) is -0.110. The van der Waals surface area contributed by atoms with Crippen molar-refractivity contribution < 1.29 is 9.53 Å². The molecule has 0 aliphatic carbocycles. The number of amides is 2. The van der Waals surface area contributed by atoms with Crippen molar-refractivity contribution in [1.82, 2.24) is 10.6 Å². The first-order valence-electron chi connectivity index (χ1n) is 3.27. The molecule has 0 radical (unpaired) electrons. The van der Waals surface area contributed by atoms with Crippen LogP contribution in [0.4, 0.5) is 4.79 Å². The highest BCUT2D eigenvalue weighted by Gasteiger charge is 2.00. The molecule has 0 heterocycles. The maximum atomic E-state index is 10.8. The van der Waals surface area contributed by atoms with Gasteiger partial charge in [-0.15, -0.1) is 5.92 Å². The van der Waals surface area contributed by atoms with Gasteiger partial charge in [-0.2, -0.15) is 0 Å². The third-order valence-electron chi connectivity index (χ3n) is 0.945. The highest BCUT2D eigenvalue weighted by atomic mass is 16.5. The molecule has 66 valence electrons. The zero-order valence-electron chi connectivity index (χ0n) is 7.02. The zero-order chi connectivity index (χ0) is 9.40. The van der Waals surface area contributed by atoms with Gasteiger partial charge in [-0.05, 0) is 6.92 Å². The molecule has 5 heteroatoms. The molecule has 0 bridgehead atoms. The molecule has 0 atom stereocenters. The molecule has 0 unspecified atom stereocenters. The molecule has 0 aromatic rings. The van der Waals surface area contributed by atoms with E-state index in [1.807, 2.05) is 0 Å². The molecular weight excluding hydrogens is 158 g/mol. The first-order valence-corrected chi connectivity index (χ1v) is 3.27. The first-order chi connectivity index (χ1) is 5.70. The second-order valence-electron chi connectivity index (χ2n) is 1.77. The summed E-state index contributed by atoms with van der Waals surface area (Å²) < 4.78 is 4.40. The Balaban J connectivity index is 3.57. The summed E-state index contributed by atoms with van der Waals surface area (Å²) in [5.74, 6) is 5.25. The van der Waals surface area contributed by atoms with E-state index in [0.717, 1.165) is 0 Å². The Bertz CT molecular complexity index is 227. The van der Waals surface area contributed by atoms with Gasteiger partial charge in [0, 0.05) is 0 Å². The van der Waals surface area contributed by atoms with Crippen molar-refractivity contribution in [1.29, 1.82) is 5.41 Å². The Kier molecular flexibility index (Phi) is 5.18. The van der Waals surface area contributed by atoms with Crippen LogP contribution in [-0.4, -0.2) is 25.7 Å². The Hall–Kier alpha value is -1.70. The van der Waals surface area contributed by atoms with Gasteiger partial charge in [0.25, 0.3) is 6.02 Å². The molecule has 0 aliphatic rings. The number of rotatable bonds is 1. The standard InChI is InChI=1S/C7H11N3O2/c1-3-4-5-9-7(11)10-6(8)12-2/h5H2,1-2H3,(H3,8,9,10,11). The third kappa shape index (κ3) is 5.11. The largest absolute Gasteiger partial charge is 0.468 e. The van der Waals surface area contributed by atoms with Crippen LogP contribution in [0.2, 0.25) is 0 Å². The van der Waals surface area contributed by atoms with Crippen molar-refractivity contribution >= 4 is 12.1 Å². The van der Waals surface area contributed by atoms with Gasteiger partial charge in [0.05, 0.1) is 13.7 Å². The topological polar surface area (TPSA) is 74.2 Å². The number of urea groups is 1. The number of amidine groups is 1. The lowest BCUT2D eigenvalue weighted by Gasteiger charge is -2.03. The van der Waals surface area contributed by atoms with Gasteiger partial charge >= 0.3 is 6.03 Å². The van der Waals surface area contributed by atoms with Gasteiger partial charge < -0.3 is 10.1 Å². The van der Waals surface area contributed by atoms with Crippen LogP contribution in [0.5, 0.6) is 0 Å². The summed E-state index contributed by atoms with van der Waals surface area (Å²) >= 11 is 0. The molecule has 0 saturated heterocycles. The summed E-state index contributed by atoms with van der Waals surface area (Å²) in [5.41, 5.74) is 0. The van der Waals surface area contributed by atoms with E-state index in [9.17, 15) is 4.79 Å². The van der Waals surface area contributed by atoms with Gasteiger partial charge in [-0.1, -0.05) is 5.92 Å². The Morgan fingerprint density at radius 3 is 2.83 bits per heavy atom. The molecule has 2 amide bonds. The predicted molar refractivity (Wildman–Crippen MR) is 44.7 cm³/mol. The second-order valence-corrected chi connectivity index (χ2v) is 1.77. The molecule has 0 aromatic carbocycles. The maximum absolute atomic E-state index is 10.8. The number of hydrogen-bond acceptors (Lipinski definition) is 3. The van der Waals surface area contributed by atoms with Crippen LogP contribution < -0.4 is 10.6 Å². The minimum absolute atomic E-state index is 0.263. The second kappa shape index (κ2) is 6.04. The lowest BCUT2D eigenvalue weighted by atomic mass is 10.6. The fourth-order valence-corrected chi connectivity index (χ4v) is 0.411. The van der Waals surface area contributed by atoms with E-state index in [-0.39, 0.29) is 12.6 Å². The molecule has 0 aromatic heterocycles. The van der Waals surface area contributed by atoms with E-state index >= 15 is 0 Å². The first kappa shape index (κ1) is 10.3. The SMILES string of the molecule is CC#CCNC(=O)NC(=N)OC. The van der Waals surface area contributed by atoms with Gasteiger partial charge in [0.1, 0.15) is 0 Å². The van der Waals surface area contributed by atoms with Crippen molar-refractivity contribution in [3.63, 3.8) is 0 Å². The van der Waals surface area contributed by atoms with Gasteiger partial charge in [0.2, 0.25) is 0 Å². The molecule has 3 N–H and O–H groups in total. The number of carbonyl (C=O) groups is 1. The molecule has 0 spiro atoms. The van der Waals surface area contributed by atoms with E-state index in [1.54, 1.807) is 6.92 Å². The zero-order valence-corrected chi connectivity index (χ0v) is 7.02. The fourth-order valence-electron chi connectivity index (χ4n) is 0.411. The van der Waals surface area contributed by atoms with Crippen LogP contribution in [0.1, 0.15) is 6.92 Å². The normalized spacial score (nSPS) is 7.50. The summed E-state index contributed by atoms with van der Waals surface area (Å²) in [7, 11) is 1.30. The van der Waals surface area contributed by atoms with E-state index in [1.165, 1.54) is 7.11 Å². The number of nitrogens with one attached hydrogen (secondary N) is 3. The van der Waals surface area contributed by atoms with Crippen molar-refractivity contribution in [3.8, 4) is 11.8 Å². The van der Waals surface area contributed by atoms with Crippen LogP contribution in [0.25, 0.3) is 0 Å². The summed E-state index contributed by atoms with van der Waals surface area (Å²) in [6.07, 6.45) is 0. The highest BCUT2D eigenvalue weighted by molar-refractivity contribution is 5.91. The molecule has 0 fully saturated rings. The Labute approximate surface area is 71.0 Å². The minimum Gasteiger partial charge on any atom is -0.468 e. The monoisotopic (exact) mass is 169 g/mol. The number of hydrogen-bond donors (Lipinski definition) is 3. The van der Waals surface area contributed by atoms with Gasteiger partial charge in [-0.25, -0.2) is 4.79 Å². The third-order valence-corrected chi connectivity index (χ3v) is 0.945. The summed E-state index contributed by atoms with van der Waals surface area (Å²) in [6.45, 7) is 1.94. The van der Waals surface area contributed by atoms with Crippen molar-refractivity contribution in [3.05, 3.63) is 0 Å². The van der Waals surface area contributed by atoms with Gasteiger partial charge in [-0.3, -0.25) is 10.7 Å². The molecule has 5 nitrogen and oxygen atoms in total. The van der Waals surface area contributed by atoms with Gasteiger partial charge in [0.15, 0.2) is 0 Å². The quantitative estimate of drug-likeness (QED) is 0.291. The fraction of sp³-hybridized carbons (Fsp3) is 0.429. The van der Waals surface area contributed by atoms with Crippen LogP contribution in [0.15, 0.2) is 0 Å². The molecular formula is C7H11N3O2. The number of ether oxygens (including phenoxy) is 1. The number of methoxy groups -OCH3 is 1. The molecule has 0 saturated carbocycles. The lowest BCUT2D eigenvalue weighted by molar-refractivity contribution is 0.243. The lowest BCUT2D eigenvalue weighted by Crippen LogP contribution is -2.39. The number of carbonyl (C=O) groups excluding carboxylic acids is 1.